The van der Waals surface area contributed by atoms with Crippen LogP contribution >= 0.6 is 0 Å². The zero-order valence-electron chi connectivity index (χ0n) is 6.57. The maximum atomic E-state index is 9.92. The van der Waals surface area contributed by atoms with Crippen LogP contribution in [0.5, 0.6) is 0 Å². The number of halogens is 5. The molecule has 0 fully saturated rings. The number of hydrogen-bond donors (Lipinski definition) is 0. The van der Waals surface area contributed by atoms with E-state index in [2.05, 4.69) is 6.07 Å². The van der Waals surface area contributed by atoms with Crippen LogP contribution in [-0.4, -0.2) is 0 Å². The quantitative estimate of drug-likeness (QED) is 0.656. The summed E-state index contributed by atoms with van der Waals surface area (Å²) in [6.07, 6.45) is 0.681. The Morgan fingerprint density at radius 2 is 1.42 bits per heavy atom. The average molecular weight is 359 g/mol. The van der Waals surface area contributed by atoms with Crippen LogP contribution in [0.3, 0.4) is 0 Å². The SMILES string of the molecule is CC(C)CC#N.[F][Ta]([F])([F])([F])[F]. The molecule has 0 rings (SSSR count). The van der Waals surface area contributed by atoms with Crippen molar-refractivity contribution in [2.24, 2.45) is 5.92 Å². The minimum absolute atomic E-state index is 0.537. The molecule has 12 heavy (non-hydrogen) atoms. The molecule has 0 heterocycles. The van der Waals surface area contributed by atoms with Gasteiger partial charge in [0.15, 0.2) is 0 Å². The first-order valence-electron chi connectivity index (χ1n) is 2.99. The van der Waals surface area contributed by atoms with E-state index in [-0.39, 0.29) is 0 Å². The molecule has 0 N–H and O–H groups in total. The van der Waals surface area contributed by atoms with Crippen molar-refractivity contribution in [1.82, 2.24) is 0 Å². The van der Waals surface area contributed by atoms with Crippen molar-refractivity contribution in [2.45, 2.75) is 20.3 Å². The summed E-state index contributed by atoms with van der Waals surface area (Å²) in [6, 6.07) is 2.07. The van der Waals surface area contributed by atoms with Crippen LogP contribution in [0.1, 0.15) is 20.3 Å². The third kappa shape index (κ3) is 93.9. The second-order valence-electron chi connectivity index (χ2n) is 2.39. The van der Waals surface area contributed by atoms with Gasteiger partial charge >= 0.3 is 33.7 Å². The molecule has 74 valence electrons. The van der Waals surface area contributed by atoms with Crippen molar-refractivity contribution in [3.8, 4) is 6.07 Å². The van der Waals surface area contributed by atoms with Crippen LogP contribution in [0.25, 0.3) is 0 Å². The molecule has 0 saturated heterocycles. The zero-order chi connectivity index (χ0) is 10.4. The third-order valence-corrected chi connectivity index (χ3v) is 0.500. The molecule has 0 amide bonds. The standard InChI is InChI=1S/C5H9N.5FH.Ta/c1-5(2)3-4-6;;;;;;/h5H,3H2,1-2H3;5*1H;/q;;;;;;+5/p-5. The molecule has 0 unspecified atom stereocenters. The molecule has 0 spiro atoms. The Hall–Kier alpha value is -0.120. The Bertz CT molecular complexity index is 148. The molecular formula is C5H9F5NTa. The van der Waals surface area contributed by atoms with Gasteiger partial charge in [0.2, 0.25) is 0 Å². The van der Waals surface area contributed by atoms with Crippen molar-refractivity contribution < 1.29 is 33.7 Å². The molecule has 0 aromatic heterocycles. The predicted molar refractivity (Wildman–Crippen MR) is 30.6 cm³/mol. The van der Waals surface area contributed by atoms with Crippen molar-refractivity contribution >= 4 is 0 Å². The summed E-state index contributed by atoms with van der Waals surface area (Å²) in [5.74, 6) is 0.537. The van der Waals surface area contributed by atoms with Crippen LogP contribution in [0, 0.1) is 17.2 Å². The molecule has 0 aromatic carbocycles. The summed E-state index contributed by atoms with van der Waals surface area (Å²) in [4.78, 5) is 0. The van der Waals surface area contributed by atoms with E-state index in [0.29, 0.717) is 12.3 Å². The van der Waals surface area contributed by atoms with Gasteiger partial charge in [-0.2, -0.15) is 5.26 Å². The predicted octanol–water partition coefficient (Wildman–Crippen LogP) is 3.65. The maximum absolute atomic E-state index is 9.92. The molecule has 1 nitrogen and oxygen atoms in total. The number of nitrogens with zero attached hydrogens (tertiary/aromatic N) is 1. The van der Waals surface area contributed by atoms with Crippen LogP contribution in [0.4, 0.5) is 15.1 Å². The van der Waals surface area contributed by atoms with E-state index in [9.17, 15) is 15.1 Å². The number of rotatable bonds is 1. The fourth-order valence-corrected chi connectivity index (χ4v) is 0.183. The molecule has 0 aliphatic heterocycles. The van der Waals surface area contributed by atoms with Gasteiger partial charge in [0.1, 0.15) is 0 Å². The van der Waals surface area contributed by atoms with E-state index in [1.165, 1.54) is 0 Å². The number of hydrogen-bond acceptors (Lipinski definition) is 1. The topological polar surface area (TPSA) is 23.8 Å². The molecule has 0 aliphatic carbocycles. The van der Waals surface area contributed by atoms with E-state index >= 15 is 0 Å². The van der Waals surface area contributed by atoms with Gasteiger partial charge in [-0.05, 0) is 5.92 Å². The van der Waals surface area contributed by atoms with Gasteiger partial charge in [-0.3, -0.25) is 0 Å². The first-order chi connectivity index (χ1) is 5.01. The van der Waals surface area contributed by atoms with Gasteiger partial charge in [-0.1, -0.05) is 13.8 Å². The Labute approximate surface area is 71.6 Å². The van der Waals surface area contributed by atoms with Gasteiger partial charge in [-0.15, -0.1) is 0 Å². The average Bonchev–Trinajstić information content (AvgIpc) is 1.55. The fraction of sp³-hybridized carbons (Fsp3) is 0.800. The fourth-order valence-electron chi connectivity index (χ4n) is 0.183. The summed E-state index contributed by atoms with van der Waals surface area (Å²) >= 11 is -9.30. The van der Waals surface area contributed by atoms with Crippen LogP contribution in [0.15, 0.2) is 0 Å². The van der Waals surface area contributed by atoms with E-state index in [1.807, 2.05) is 13.8 Å². The first-order valence-corrected chi connectivity index (χ1v) is 9.06. The van der Waals surface area contributed by atoms with Crippen molar-refractivity contribution in [1.29, 1.82) is 5.26 Å². The van der Waals surface area contributed by atoms with Crippen molar-refractivity contribution in [2.75, 3.05) is 0 Å². The molecular weight excluding hydrogens is 350 g/mol. The minimum atomic E-state index is -9.30. The van der Waals surface area contributed by atoms with E-state index in [1.54, 1.807) is 0 Å². The molecule has 0 radical (unpaired) electrons. The van der Waals surface area contributed by atoms with Gasteiger partial charge in [0.05, 0.1) is 6.07 Å². The van der Waals surface area contributed by atoms with Gasteiger partial charge in [0.25, 0.3) is 0 Å². The molecule has 0 saturated carbocycles. The summed E-state index contributed by atoms with van der Waals surface area (Å²) in [7, 11) is 0. The zero-order valence-corrected chi connectivity index (χ0v) is 9.78. The normalized spacial score (nSPS) is 13.8. The Kier molecular flexibility index (Phi) is 5.76. The Balaban J connectivity index is 0. The van der Waals surface area contributed by atoms with Crippen LogP contribution in [-0.2, 0) is 18.5 Å². The van der Waals surface area contributed by atoms with Crippen molar-refractivity contribution in [3.05, 3.63) is 0 Å². The van der Waals surface area contributed by atoms with E-state index in [4.69, 9.17) is 5.26 Å². The Morgan fingerprint density at radius 3 is 1.42 bits per heavy atom. The second-order valence-corrected chi connectivity index (χ2v) is 6.99. The third-order valence-electron chi connectivity index (χ3n) is 0.500. The molecule has 0 aromatic rings. The van der Waals surface area contributed by atoms with E-state index in [0.717, 1.165) is 0 Å². The molecule has 0 aliphatic rings. The summed E-state index contributed by atoms with van der Waals surface area (Å²) in [6.45, 7) is 4.06. The summed E-state index contributed by atoms with van der Waals surface area (Å²) in [5.41, 5.74) is 0. The molecule has 0 atom stereocenters. The number of nitriles is 1. The van der Waals surface area contributed by atoms with Gasteiger partial charge < -0.3 is 0 Å². The monoisotopic (exact) mass is 359 g/mol. The summed E-state index contributed by atoms with van der Waals surface area (Å²) in [5, 5.41) is 7.99. The second kappa shape index (κ2) is 4.80. The summed E-state index contributed by atoms with van der Waals surface area (Å²) < 4.78 is 49.6. The van der Waals surface area contributed by atoms with Gasteiger partial charge in [-0.25, -0.2) is 0 Å². The van der Waals surface area contributed by atoms with Crippen LogP contribution < -0.4 is 0 Å². The van der Waals surface area contributed by atoms with Crippen molar-refractivity contribution in [3.63, 3.8) is 0 Å². The Morgan fingerprint density at radius 1 is 1.17 bits per heavy atom. The van der Waals surface area contributed by atoms with E-state index < -0.39 is 18.5 Å². The van der Waals surface area contributed by atoms with Crippen LogP contribution in [0.2, 0.25) is 0 Å². The van der Waals surface area contributed by atoms with Gasteiger partial charge in [0, 0.05) is 6.42 Å². The molecule has 7 heteroatoms. The molecule has 0 bridgehead atoms. The first kappa shape index (κ1) is 14.4.